The first-order valence-corrected chi connectivity index (χ1v) is 10.3. The van der Waals surface area contributed by atoms with E-state index in [1.54, 1.807) is 38.2 Å². The van der Waals surface area contributed by atoms with Gasteiger partial charge in [0.2, 0.25) is 5.95 Å². The number of rotatable bonds is 6. The lowest BCUT2D eigenvalue weighted by Gasteiger charge is -2.28. The molecule has 0 radical (unpaired) electrons. The van der Waals surface area contributed by atoms with E-state index in [-0.39, 0.29) is 18.0 Å². The maximum absolute atomic E-state index is 13.2. The van der Waals surface area contributed by atoms with Gasteiger partial charge in [0.25, 0.3) is 5.56 Å². The number of benzene rings is 1. The molecular formula is C22H24N6O4. The number of piperazine rings is 1. The number of carboxylic acids is 1. The van der Waals surface area contributed by atoms with Gasteiger partial charge in [0.05, 0.1) is 13.0 Å². The van der Waals surface area contributed by atoms with Crippen molar-refractivity contribution in [3.05, 3.63) is 40.2 Å². The molecule has 2 aromatic heterocycles. The van der Waals surface area contributed by atoms with Gasteiger partial charge in [0.1, 0.15) is 5.75 Å². The lowest BCUT2D eigenvalue weighted by molar-refractivity contribution is -0.136. The zero-order chi connectivity index (χ0) is 22.7. The number of carboxylic acid groups (broad SMARTS) is 1. The van der Waals surface area contributed by atoms with Crippen molar-refractivity contribution in [2.75, 3.05) is 31.1 Å². The van der Waals surface area contributed by atoms with E-state index in [0.717, 1.165) is 26.2 Å². The Bertz CT molecular complexity index is 1260. The quantitative estimate of drug-likeness (QED) is 0.550. The van der Waals surface area contributed by atoms with Crippen molar-refractivity contribution in [1.29, 1.82) is 0 Å². The van der Waals surface area contributed by atoms with Crippen LogP contribution in [0, 0.1) is 11.8 Å². The molecule has 1 aliphatic heterocycles. The van der Waals surface area contributed by atoms with Gasteiger partial charge >= 0.3 is 12.0 Å². The summed E-state index contributed by atoms with van der Waals surface area (Å²) < 4.78 is 8.99. The molecule has 3 aromatic rings. The van der Waals surface area contributed by atoms with Crippen LogP contribution in [0.4, 0.5) is 5.95 Å². The van der Waals surface area contributed by atoms with E-state index in [0.29, 0.717) is 35.0 Å². The third-order valence-corrected chi connectivity index (χ3v) is 5.23. The molecule has 32 heavy (non-hydrogen) atoms. The molecule has 3 heterocycles. The smallest absolute Gasteiger partial charge is 0.307 e. The summed E-state index contributed by atoms with van der Waals surface area (Å²) in [5.41, 5.74) is 1.06. The zero-order valence-corrected chi connectivity index (χ0v) is 18.0. The van der Waals surface area contributed by atoms with Gasteiger partial charge in [-0.25, -0.2) is 0 Å². The minimum atomic E-state index is -0.906. The lowest BCUT2D eigenvalue weighted by Crippen LogP contribution is -2.44. The van der Waals surface area contributed by atoms with Crippen LogP contribution >= 0.6 is 0 Å². The van der Waals surface area contributed by atoms with E-state index in [2.05, 4.69) is 32.0 Å². The van der Waals surface area contributed by atoms with Crippen LogP contribution in [-0.2, 0) is 24.8 Å². The summed E-state index contributed by atoms with van der Waals surface area (Å²) >= 11 is 0. The van der Waals surface area contributed by atoms with Crippen molar-refractivity contribution in [2.24, 2.45) is 7.05 Å². The summed E-state index contributed by atoms with van der Waals surface area (Å²) in [5, 5.41) is 12.2. The highest BCUT2D eigenvalue weighted by Gasteiger charge is 2.23. The maximum atomic E-state index is 13.2. The molecule has 0 aliphatic carbocycles. The van der Waals surface area contributed by atoms with Gasteiger partial charge < -0.3 is 20.1 Å². The Labute approximate surface area is 184 Å². The first kappa shape index (κ1) is 21.4. The minimum Gasteiger partial charge on any atom is -0.481 e. The van der Waals surface area contributed by atoms with E-state index in [9.17, 15) is 9.59 Å². The molecule has 166 valence electrons. The summed E-state index contributed by atoms with van der Waals surface area (Å²) in [6.07, 6.45) is -0.0736. The first-order valence-electron chi connectivity index (χ1n) is 10.3. The first-order chi connectivity index (χ1) is 15.5. The summed E-state index contributed by atoms with van der Waals surface area (Å²) in [6.45, 7) is 5.31. The predicted octanol–water partition coefficient (Wildman–Crippen LogP) is 0.982. The van der Waals surface area contributed by atoms with Crippen LogP contribution in [0.3, 0.4) is 0 Å². The van der Waals surface area contributed by atoms with Crippen LogP contribution in [0.1, 0.15) is 12.5 Å². The molecule has 1 aliphatic rings. The molecule has 2 N–H and O–H groups in total. The maximum Gasteiger partial charge on any atom is 0.307 e. The van der Waals surface area contributed by atoms with Crippen LogP contribution in [0.15, 0.2) is 29.1 Å². The molecule has 0 spiro atoms. The molecule has 4 rings (SSSR count). The second-order valence-electron chi connectivity index (χ2n) is 7.41. The Morgan fingerprint density at radius 2 is 1.94 bits per heavy atom. The number of aromatic nitrogens is 4. The number of ether oxygens (including phenoxy) is 1. The van der Waals surface area contributed by atoms with E-state index >= 15 is 0 Å². The minimum absolute atomic E-state index is 0.0736. The van der Waals surface area contributed by atoms with Crippen molar-refractivity contribution in [3.8, 4) is 23.6 Å². The number of fused-ring (bicyclic) bond motifs is 1. The molecule has 0 saturated carbocycles. The van der Waals surface area contributed by atoms with Gasteiger partial charge in [-0.15, -0.1) is 5.92 Å². The van der Waals surface area contributed by atoms with Crippen molar-refractivity contribution in [1.82, 2.24) is 24.4 Å². The largest absolute Gasteiger partial charge is 0.481 e. The van der Waals surface area contributed by atoms with Gasteiger partial charge in [-0.1, -0.05) is 18.1 Å². The molecule has 1 aromatic carbocycles. The Hall–Kier alpha value is -3.84. The van der Waals surface area contributed by atoms with E-state index in [1.165, 1.54) is 4.57 Å². The second kappa shape index (κ2) is 9.11. The third kappa shape index (κ3) is 4.29. The zero-order valence-electron chi connectivity index (χ0n) is 18.0. The Balaban J connectivity index is 1.73. The lowest BCUT2D eigenvalue weighted by atomic mass is 10.1. The van der Waals surface area contributed by atoms with Crippen molar-refractivity contribution in [3.63, 3.8) is 0 Å². The number of aliphatic carboxylic acids is 1. The predicted molar refractivity (Wildman–Crippen MR) is 119 cm³/mol. The number of nitrogens with one attached hydrogen (secondary N) is 1. The average Bonchev–Trinajstić information content (AvgIpc) is 3.15. The van der Waals surface area contributed by atoms with E-state index < -0.39 is 5.97 Å². The molecule has 10 heteroatoms. The number of carbonyl (C=O) groups is 1. The molecule has 0 bridgehead atoms. The Morgan fingerprint density at radius 1 is 1.22 bits per heavy atom. The van der Waals surface area contributed by atoms with Gasteiger partial charge in [-0.2, -0.15) is 9.97 Å². The fraction of sp³-hybridized carbons (Fsp3) is 0.364. The number of hydrogen-bond acceptors (Lipinski definition) is 7. The number of nitrogens with zero attached hydrogens (tertiary/aromatic N) is 5. The average molecular weight is 436 g/mol. The molecule has 0 unspecified atom stereocenters. The molecule has 0 amide bonds. The third-order valence-electron chi connectivity index (χ3n) is 5.23. The standard InChI is InChI=1S/C22H24N6O4/c1-3-4-11-28-18-19(24-21(28)27-12-9-23-10-13-27)25-22(26(2)20(18)31)32-16-7-5-15(6-8-16)14-17(29)30/h5-8,23H,9-14H2,1-2H3,(H,29,30). The van der Waals surface area contributed by atoms with Gasteiger partial charge in [0, 0.05) is 33.2 Å². The highest BCUT2D eigenvalue weighted by Crippen LogP contribution is 2.24. The number of anilines is 1. The fourth-order valence-electron chi connectivity index (χ4n) is 3.59. The fourth-order valence-corrected chi connectivity index (χ4v) is 3.59. The molecule has 1 fully saturated rings. The van der Waals surface area contributed by atoms with Gasteiger partial charge in [0.15, 0.2) is 11.2 Å². The van der Waals surface area contributed by atoms with E-state index in [1.807, 2.05) is 4.57 Å². The number of imidazole rings is 1. The second-order valence-corrected chi connectivity index (χ2v) is 7.41. The summed E-state index contributed by atoms with van der Waals surface area (Å²) in [5.74, 6) is 6.11. The van der Waals surface area contributed by atoms with Crippen molar-refractivity contribution >= 4 is 23.1 Å². The molecule has 1 saturated heterocycles. The topological polar surface area (TPSA) is 115 Å². The molecule has 0 atom stereocenters. The van der Waals surface area contributed by atoms with Crippen LogP contribution in [0.5, 0.6) is 11.8 Å². The normalized spacial score (nSPS) is 13.6. The highest BCUT2D eigenvalue weighted by molar-refractivity contribution is 5.75. The molecular weight excluding hydrogens is 412 g/mol. The highest BCUT2D eigenvalue weighted by atomic mass is 16.5. The van der Waals surface area contributed by atoms with Crippen LogP contribution in [0.2, 0.25) is 0 Å². The molecule has 10 nitrogen and oxygen atoms in total. The monoisotopic (exact) mass is 436 g/mol. The van der Waals surface area contributed by atoms with E-state index in [4.69, 9.17) is 9.84 Å². The summed E-state index contributed by atoms with van der Waals surface area (Å²) in [6, 6.07) is 6.74. The Morgan fingerprint density at radius 3 is 2.59 bits per heavy atom. The summed E-state index contributed by atoms with van der Waals surface area (Å²) in [4.78, 5) is 35.4. The number of hydrogen-bond donors (Lipinski definition) is 2. The van der Waals surface area contributed by atoms with Crippen LogP contribution in [-0.4, -0.2) is 56.4 Å². The van der Waals surface area contributed by atoms with Crippen molar-refractivity contribution < 1.29 is 14.6 Å². The van der Waals surface area contributed by atoms with Crippen LogP contribution < -0.4 is 20.5 Å². The van der Waals surface area contributed by atoms with Crippen molar-refractivity contribution in [2.45, 2.75) is 19.9 Å². The Kier molecular flexibility index (Phi) is 6.09. The summed E-state index contributed by atoms with van der Waals surface area (Å²) in [7, 11) is 1.59. The van der Waals surface area contributed by atoms with Gasteiger partial charge in [-0.3, -0.25) is 18.7 Å². The van der Waals surface area contributed by atoms with Gasteiger partial charge in [-0.05, 0) is 24.6 Å². The SMILES string of the molecule is CC#CCn1c(N2CCNCC2)nc2nc(Oc3ccc(CC(=O)O)cc3)n(C)c(=O)c21. The van der Waals surface area contributed by atoms with Crippen LogP contribution in [0.25, 0.3) is 11.2 Å².